The minimum atomic E-state index is 0.220. The molecule has 2 aliphatic heterocycles. The lowest BCUT2D eigenvalue weighted by Gasteiger charge is -2.30. The van der Waals surface area contributed by atoms with Crippen LogP contribution in [0.25, 0.3) is 0 Å². The first-order chi connectivity index (χ1) is 6.84. The van der Waals surface area contributed by atoms with Crippen molar-refractivity contribution in [2.75, 3.05) is 32.8 Å². The lowest BCUT2D eigenvalue weighted by atomic mass is 10.3. The monoisotopic (exact) mass is 195 g/mol. The average Bonchev–Trinajstić information content (AvgIpc) is 2.19. The Balaban J connectivity index is 1.80. The van der Waals surface area contributed by atoms with E-state index in [-0.39, 0.29) is 6.17 Å². The Morgan fingerprint density at radius 2 is 2.36 bits per heavy atom. The molecule has 0 aromatic heterocycles. The maximum Gasteiger partial charge on any atom is 0.131 e. The first-order valence-corrected chi connectivity index (χ1v) is 5.11. The zero-order valence-electron chi connectivity index (χ0n) is 8.57. The van der Waals surface area contributed by atoms with E-state index in [1.165, 1.54) is 5.70 Å². The highest BCUT2D eigenvalue weighted by Crippen LogP contribution is 2.03. The van der Waals surface area contributed by atoms with Gasteiger partial charge in [0.2, 0.25) is 0 Å². The summed E-state index contributed by atoms with van der Waals surface area (Å²) in [5.41, 5.74) is 1.19. The normalized spacial score (nSPS) is 28.4. The van der Waals surface area contributed by atoms with Crippen LogP contribution >= 0.6 is 0 Å². The largest absolute Gasteiger partial charge is 0.379 e. The van der Waals surface area contributed by atoms with Gasteiger partial charge < -0.3 is 10.1 Å². The van der Waals surface area contributed by atoms with Gasteiger partial charge in [0.15, 0.2) is 0 Å². The molecular formula is C10H17N3O. The van der Waals surface area contributed by atoms with E-state index in [9.17, 15) is 0 Å². The van der Waals surface area contributed by atoms with Gasteiger partial charge in [-0.1, -0.05) is 0 Å². The highest BCUT2D eigenvalue weighted by atomic mass is 16.5. The van der Waals surface area contributed by atoms with Crippen LogP contribution in [0.15, 0.2) is 16.8 Å². The summed E-state index contributed by atoms with van der Waals surface area (Å²) in [5, 5.41) is 3.34. The highest BCUT2D eigenvalue weighted by Gasteiger charge is 2.16. The number of rotatable bonds is 2. The predicted octanol–water partition coefficient (Wildman–Crippen LogP) is 0.222. The van der Waals surface area contributed by atoms with E-state index in [1.54, 1.807) is 0 Å². The van der Waals surface area contributed by atoms with Crippen molar-refractivity contribution in [3.05, 3.63) is 11.8 Å². The fourth-order valence-corrected chi connectivity index (χ4v) is 1.73. The Morgan fingerprint density at radius 3 is 3.07 bits per heavy atom. The summed E-state index contributed by atoms with van der Waals surface area (Å²) in [4.78, 5) is 6.76. The molecule has 78 valence electrons. The number of aliphatic imine (C=N–C) groups is 1. The topological polar surface area (TPSA) is 36.9 Å². The van der Waals surface area contributed by atoms with E-state index < -0.39 is 0 Å². The predicted molar refractivity (Wildman–Crippen MR) is 56.4 cm³/mol. The zero-order chi connectivity index (χ0) is 9.80. The smallest absolute Gasteiger partial charge is 0.131 e. The van der Waals surface area contributed by atoms with Crippen LogP contribution in [0.4, 0.5) is 0 Å². The van der Waals surface area contributed by atoms with Crippen molar-refractivity contribution in [2.45, 2.75) is 13.1 Å². The lowest BCUT2D eigenvalue weighted by molar-refractivity contribution is 0.0344. The number of allylic oxidation sites excluding steroid dienone is 2. The minimum absolute atomic E-state index is 0.220. The van der Waals surface area contributed by atoms with E-state index in [2.05, 4.69) is 22.1 Å². The molecule has 4 nitrogen and oxygen atoms in total. The average molecular weight is 195 g/mol. The van der Waals surface area contributed by atoms with Crippen LogP contribution in [0.3, 0.4) is 0 Å². The molecule has 0 saturated carbocycles. The minimum Gasteiger partial charge on any atom is -0.379 e. The number of hydrogen-bond donors (Lipinski definition) is 1. The molecule has 2 heterocycles. The van der Waals surface area contributed by atoms with E-state index in [0.717, 1.165) is 32.8 Å². The van der Waals surface area contributed by atoms with E-state index in [4.69, 9.17) is 4.74 Å². The summed E-state index contributed by atoms with van der Waals surface area (Å²) < 4.78 is 5.30. The summed E-state index contributed by atoms with van der Waals surface area (Å²) in [6, 6.07) is 0. The summed E-state index contributed by atoms with van der Waals surface area (Å²) in [5.74, 6) is 0. The van der Waals surface area contributed by atoms with Crippen molar-refractivity contribution < 1.29 is 4.74 Å². The molecule has 0 amide bonds. The van der Waals surface area contributed by atoms with Crippen LogP contribution in [0.2, 0.25) is 0 Å². The molecule has 0 aromatic rings. The molecule has 1 atom stereocenters. The molecule has 4 heteroatoms. The summed E-state index contributed by atoms with van der Waals surface area (Å²) in [7, 11) is 0. The first kappa shape index (κ1) is 9.68. The van der Waals surface area contributed by atoms with Gasteiger partial charge in [-0.25, -0.2) is 0 Å². The molecule has 2 rings (SSSR count). The van der Waals surface area contributed by atoms with E-state index in [1.807, 2.05) is 12.3 Å². The third-order valence-corrected chi connectivity index (χ3v) is 2.52. The second-order valence-electron chi connectivity index (χ2n) is 3.72. The molecule has 14 heavy (non-hydrogen) atoms. The van der Waals surface area contributed by atoms with Gasteiger partial charge in [0.1, 0.15) is 6.17 Å². The fourth-order valence-electron chi connectivity index (χ4n) is 1.73. The van der Waals surface area contributed by atoms with Crippen LogP contribution in [0.5, 0.6) is 0 Å². The zero-order valence-corrected chi connectivity index (χ0v) is 8.57. The summed E-state index contributed by atoms with van der Waals surface area (Å²) in [6.45, 7) is 6.80. The molecule has 0 radical (unpaired) electrons. The molecule has 1 N–H and O–H groups in total. The maximum absolute atomic E-state index is 5.30. The molecule has 1 fully saturated rings. The third kappa shape index (κ3) is 2.56. The quantitative estimate of drug-likeness (QED) is 0.685. The van der Waals surface area contributed by atoms with Crippen LogP contribution in [-0.2, 0) is 4.74 Å². The van der Waals surface area contributed by atoms with E-state index in [0.29, 0.717) is 0 Å². The third-order valence-electron chi connectivity index (χ3n) is 2.52. The Labute approximate surface area is 84.6 Å². The standard InChI is InChI=1S/C10H17N3O/c1-9-2-3-11-10(12-9)8-13-4-6-14-7-5-13/h2-3,10,12H,4-8H2,1H3. The molecule has 0 aromatic carbocycles. The number of nitrogens with one attached hydrogen (secondary N) is 1. The van der Waals surface area contributed by atoms with Crippen LogP contribution in [0, 0.1) is 0 Å². The molecule has 0 bridgehead atoms. The van der Waals surface area contributed by atoms with Crippen molar-refractivity contribution in [1.82, 2.24) is 10.2 Å². The van der Waals surface area contributed by atoms with Crippen molar-refractivity contribution >= 4 is 6.21 Å². The second kappa shape index (κ2) is 4.57. The Hall–Kier alpha value is -0.870. The van der Waals surface area contributed by atoms with Crippen LogP contribution < -0.4 is 5.32 Å². The Morgan fingerprint density at radius 1 is 1.57 bits per heavy atom. The fraction of sp³-hybridized carbons (Fsp3) is 0.700. The van der Waals surface area contributed by atoms with Gasteiger partial charge in [-0.2, -0.15) is 0 Å². The molecule has 1 unspecified atom stereocenters. The van der Waals surface area contributed by atoms with Gasteiger partial charge in [0, 0.05) is 31.5 Å². The molecule has 0 spiro atoms. The molecule has 2 aliphatic rings. The van der Waals surface area contributed by atoms with Gasteiger partial charge in [-0.15, -0.1) is 0 Å². The Kier molecular flexibility index (Phi) is 3.16. The summed E-state index contributed by atoms with van der Waals surface area (Å²) >= 11 is 0. The highest BCUT2D eigenvalue weighted by molar-refractivity contribution is 5.73. The van der Waals surface area contributed by atoms with Gasteiger partial charge in [0.25, 0.3) is 0 Å². The van der Waals surface area contributed by atoms with Gasteiger partial charge in [-0.05, 0) is 13.0 Å². The number of nitrogens with zero attached hydrogens (tertiary/aromatic N) is 2. The number of ether oxygens (including phenoxy) is 1. The van der Waals surface area contributed by atoms with Crippen LogP contribution in [-0.4, -0.2) is 50.1 Å². The first-order valence-electron chi connectivity index (χ1n) is 5.11. The van der Waals surface area contributed by atoms with Crippen molar-refractivity contribution in [3.8, 4) is 0 Å². The summed E-state index contributed by atoms with van der Waals surface area (Å²) in [6.07, 6.45) is 4.10. The number of hydrogen-bond acceptors (Lipinski definition) is 4. The van der Waals surface area contributed by atoms with E-state index >= 15 is 0 Å². The second-order valence-corrected chi connectivity index (χ2v) is 3.72. The van der Waals surface area contributed by atoms with Crippen molar-refractivity contribution in [2.24, 2.45) is 4.99 Å². The van der Waals surface area contributed by atoms with Gasteiger partial charge >= 0.3 is 0 Å². The van der Waals surface area contributed by atoms with Crippen molar-refractivity contribution in [1.29, 1.82) is 0 Å². The van der Waals surface area contributed by atoms with Crippen LogP contribution in [0.1, 0.15) is 6.92 Å². The molecule has 1 saturated heterocycles. The van der Waals surface area contributed by atoms with Crippen molar-refractivity contribution in [3.63, 3.8) is 0 Å². The lowest BCUT2D eigenvalue weighted by Crippen LogP contribution is -2.45. The number of morpholine rings is 1. The van der Waals surface area contributed by atoms with Gasteiger partial charge in [-0.3, -0.25) is 9.89 Å². The Bertz CT molecular complexity index is 244. The van der Waals surface area contributed by atoms with Gasteiger partial charge in [0.05, 0.1) is 13.2 Å². The SMILES string of the molecule is CC1=CC=NC(CN2CCOCC2)N1. The molecule has 0 aliphatic carbocycles. The maximum atomic E-state index is 5.30. The molecular weight excluding hydrogens is 178 g/mol.